The van der Waals surface area contributed by atoms with Crippen molar-refractivity contribution >= 4 is 27.9 Å². The maximum absolute atomic E-state index is 12.8. The fourth-order valence-corrected chi connectivity index (χ4v) is 5.85. The molecule has 2 aliphatic heterocycles. The zero-order chi connectivity index (χ0) is 23.2. The molecule has 2 heterocycles. The monoisotopic (exact) mass is 521 g/mol. The average Bonchev–Trinajstić information content (AvgIpc) is 3.23. The van der Waals surface area contributed by atoms with Gasteiger partial charge in [0.25, 0.3) is 0 Å². The number of ether oxygens (including phenoxy) is 2. The molecule has 0 radical (unpaired) electrons. The molecule has 2 unspecified atom stereocenters. The number of imide groups is 1. The smallest absolute Gasteiger partial charge is 0.324 e. The largest absolute Gasteiger partial charge is 0.491 e. The van der Waals surface area contributed by atoms with Crippen LogP contribution in [0.15, 0.2) is 22.7 Å². The molecule has 182 valence electrons. The molecule has 0 spiro atoms. The topological polar surface area (TPSA) is 71.1 Å². The van der Waals surface area contributed by atoms with Gasteiger partial charge in [-0.3, -0.25) is 9.69 Å². The number of carbonyl (C=O) groups is 2. The molecule has 1 N–H and O–H groups in total. The summed E-state index contributed by atoms with van der Waals surface area (Å²) in [6.45, 7) is 3.83. The highest BCUT2D eigenvalue weighted by Gasteiger charge is 2.38. The van der Waals surface area contributed by atoms with Gasteiger partial charge < -0.3 is 19.7 Å². The van der Waals surface area contributed by atoms with E-state index in [0.29, 0.717) is 25.6 Å². The number of benzene rings is 1. The number of methoxy groups -OCH3 is 1. The molecule has 33 heavy (non-hydrogen) atoms. The Morgan fingerprint density at radius 3 is 2.70 bits per heavy atom. The molecule has 7 nitrogen and oxygen atoms in total. The summed E-state index contributed by atoms with van der Waals surface area (Å²) in [5.74, 6) is 1.41. The highest BCUT2D eigenvalue weighted by atomic mass is 79.9. The van der Waals surface area contributed by atoms with Gasteiger partial charge in [-0.05, 0) is 61.9 Å². The van der Waals surface area contributed by atoms with Crippen molar-refractivity contribution in [3.05, 3.63) is 28.2 Å². The molecular formula is C25H36BrN3O4. The normalized spacial score (nSPS) is 24.8. The molecule has 2 saturated heterocycles. The van der Waals surface area contributed by atoms with Crippen LogP contribution in [0.4, 0.5) is 4.79 Å². The molecule has 3 amide bonds. The number of urea groups is 1. The third-order valence-corrected chi connectivity index (χ3v) is 7.88. The van der Waals surface area contributed by atoms with E-state index in [0.717, 1.165) is 68.4 Å². The zero-order valence-electron chi connectivity index (χ0n) is 19.6. The summed E-state index contributed by atoms with van der Waals surface area (Å²) < 4.78 is 11.9. The van der Waals surface area contributed by atoms with Gasteiger partial charge in [0.2, 0.25) is 5.91 Å². The van der Waals surface area contributed by atoms with E-state index in [1.54, 1.807) is 7.11 Å². The SMILES string of the molecule is COCCOc1ccc(Br)c(CC2CCN(CC3CC(=O)N(C4CCCCC4)C(=O)N3)C2)c1. The van der Waals surface area contributed by atoms with Gasteiger partial charge in [-0.15, -0.1) is 0 Å². The Morgan fingerprint density at radius 1 is 1.12 bits per heavy atom. The van der Waals surface area contributed by atoms with E-state index < -0.39 is 0 Å². The summed E-state index contributed by atoms with van der Waals surface area (Å²) in [6.07, 6.45) is 7.83. The van der Waals surface area contributed by atoms with Gasteiger partial charge in [-0.1, -0.05) is 35.2 Å². The van der Waals surface area contributed by atoms with Gasteiger partial charge in [0.1, 0.15) is 12.4 Å². The molecule has 1 aliphatic carbocycles. The van der Waals surface area contributed by atoms with Gasteiger partial charge in [0.15, 0.2) is 0 Å². The van der Waals surface area contributed by atoms with Crippen LogP contribution >= 0.6 is 15.9 Å². The van der Waals surface area contributed by atoms with Gasteiger partial charge >= 0.3 is 6.03 Å². The predicted octanol–water partition coefficient (Wildman–Crippen LogP) is 3.98. The molecule has 8 heteroatoms. The highest BCUT2D eigenvalue weighted by molar-refractivity contribution is 9.10. The summed E-state index contributed by atoms with van der Waals surface area (Å²) >= 11 is 3.68. The van der Waals surface area contributed by atoms with Gasteiger partial charge in [-0.25, -0.2) is 4.79 Å². The lowest BCUT2D eigenvalue weighted by molar-refractivity contribution is -0.132. The number of hydrogen-bond acceptors (Lipinski definition) is 5. The lowest BCUT2D eigenvalue weighted by Gasteiger charge is -2.38. The third-order valence-electron chi connectivity index (χ3n) is 7.11. The first-order chi connectivity index (χ1) is 16.0. The number of nitrogens with zero attached hydrogens (tertiary/aromatic N) is 2. The Labute approximate surface area is 205 Å². The molecule has 0 bridgehead atoms. The maximum atomic E-state index is 12.8. The van der Waals surface area contributed by atoms with Crippen molar-refractivity contribution in [2.24, 2.45) is 5.92 Å². The summed E-state index contributed by atoms with van der Waals surface area (Å²) in [5.41, 5.74) is 1.25. The van der Waals surface area contributed by atoms with Crippen LogP contribution in [-0.2, 0) is 16.0 Å². The van der Waals surface area contributed by atoms with Crippen LogP contribution in [0.2, 0.25) is 0 Å². The van der Waals surface area contributed by atoms with E-state index >= 15 is 0 Å². The van der Waals surface area contributed by atoms with Crippen LogP contribution in [0.3, 0.4) is 0 Å². The fourth-order valence-electron chi connectivity index (χ4n) is 5.44. The zero-order valence-corrected chi connectivity index (χ0v) is 21.1. The number of amides is 3. The minimum absolute atomic E-state index is 0.000570. The Kier molecular flexibility index (Phi) is 8.66. The molecule has 3 aliphatic rings. The van der Waals surface area contributed by atoms with Gasteiger partial charge in [-0.2, -0.15) is 0 Å². The van der Waals surface area contributed by atoms with E-state index in [-0.39, 0.29) is 24.0 Å². The highest BCUT2D eigenvalue weighted by Crippen LogP contribution is 2.29. The molecule has 1 aromatic rings. The average molecular weight is 522 g/mol. The van der Waals surface area contributed by atoms with Crippen LogP contribution in [-0.4, -0.2) is 73.8 Å². The van der Waals surface area contributed by atoms with Crippen LogP contribution < -0.4 is 10.1 Å². The quantitative estimate of drug-likeness (QED) is 0.497. The van der Waals surface area contributed by atoms with Crippen LogP contribution in [0, 0.1) is 5.92 Å². The summed E-state index contributed by atoms with van der Waals surface area (Å²) in [4.78, 5) is 29.4. The molecular weight excluding hydrogens is 486 g/mol. The minimum Gasteiger partial charge on any atom is -0.491 e. The lowest BCUT2D eigenvalue weighted by Crippen LogP contribution is -2.60. The first-order valence-electron chi connectivity index (χ1n) is 12.3. The second-order valence-electron chi connectivity index (χ2n) is 9.62. The van der Waals surface area contributed by atoms with Crippen LogP contribution in [0.25, 0.3) is 0 Å². The van der Waals surface area contributed by atoms with Gasteiger partial charge in [0.05, 0.1) is 12.6 Å². The van der Waals surface area contributed by atoms with Crippen molar-refractivity contribution in [3.8, 4) is 5.75 Å². The first-order valence-corrected chi connectivity index (χ1v) is 13.1. The summed E-state index contributed by atoms with van der Waals surface area (Å²) in [5, 5.41) is 3.12. The van der Waals surface area contributed by atoms with E-state index in [9.17, 15) is 9.59 Å². The molecule has 2 atom stereocenters. The first kappa shape index (κ1) is 24.5. The van der Waals surface area contributed by atoms with Crippen molar-refractivity contribution < 1.29 is 19.1 Å². The Bertz CT molecular complexity index is 812. The molecule has 1 saturated carbocycles. The van der Waals surface area contributed by atoms with E-state index in [4.69, 9.17) is 9.47 Å². The van der Waals surface area contributed by atoms with Crippen molar-refractivity contribution in [3.63, 3.8) is 0 Å². The lowest BCUT2D eigenvalue weighted by atomic mass is 9.93. The number of nitrogens with one attached hydrogen (secondary N) is 1. The Hall–Kier alpha value is -1.64. The maximum Gasteiger partial charge on any atom is 0.324 e. The van der Waals surface area contributed by atoms with Gasteiger partial charge in [0, 0.05) is 37.1 Å². The van der Waals surface area contributed by atoms with E-state index in [2.05, 4.69) is 32.2 Å². The second-order valence-corrected chi connectivity index (χ2v) is 10.5. The summed E-state index contributed by atoms with van der Waals surface area (Å²) in [7, 11) is 1.67. The standard InChI is InChI=1S/C25H36BrN3O4/c1-32-11-12-33-22-7-8-23(26)19(14-22)13-18-9-10-28(16-18)17-20-15-24(30)29(25(31)27-20)21-5-3-2-4-6-21/h7-8,14,18,20-21H,2-6,9-13,15-17H2,1H3,(H,27,31). The molecule has 1 aromatic carbocycles. The van der Waals surface area contributed by atoms with Crippen molar-refractivity contribution in [1.29, 1.82) is 0 Å². The number of rotatable bonds is 9. The number of halogens is 1. The molecule has 4 rings (SSSR count). The predicted molar refractivity (Wildman–Crippen MR) is 130 cm³/mol. The van der Waals surface area contributed by atoms with Crippen molar-refractivity contribution in [2.75, 3.05) is 40.0 Å². The van der Waals surface area contributed by atoms with E-state index in [1.165, 1.54) is 16.9 Å². The Morgan fingerprint density at radius 2 is 1.94 bits per heavy atom. The fraction of sp³-hybridized carbons (Fsp3) is 0.680. The van der Waals surface area contributed by atoms with Crippen LogP contribution in [0.1, 0.15) is 50.5 Å². The second kappa shape index (κ2) is 11.7. The number of carbonyl (C=O) groups excluding carboxylic acids is 2. The summed E-state index contributed by atoms with van der Waals surface area (Å²) in [6, 6.07) is 5.95. The number of likely N-dealkylation sites (tertiary alicyclic amines) is 1. The van der Waals surface area contributed by atoms with Crippen molar-refractivity contribution in [1.82, 2.24) is 15.1 Å². The molecule has 3 fully saturated rings. The van der Waals surface area contributed by atoms with E-state index in [1.807, 2.05) is 12.1 Å². The minimum atomic E-state index is -0.187. The van der Waals surface area contributed by atoms with Crippen LogP contribution in [0.5, 0.6) is 5.75 Å². The molecule has 0 aromatic heterocycles. The Balaban J connectivity index is 1.26. The number of hydrogen-bond donors (Lipinski definition) is 1. The van der Waals surface area contributed by atoms with Crippen molar-refractivity contribution in [2.45, 2.75) is 63.5 Å². The third kappa shape index (κ3) is 6.49.